The molecule has 0 saturated heterocycles. The van der Waals surface area contributed by atoms with E-state index in [1.165, 1.54) is 4.31 Å². The van der Waals surface area contributed by atoms with E-state index in [1.54, 1.807) is 18.4 Å². The van der Waals surface area contributed by atoms with Crippen LogP contribution in [-0.2, 0) is 10.2 Å². The Balaban J connectivity index is 2.60. The first-order chi connectivity index (χ1) is 8.39. The van der Waals surface area contributed by atoms with Crippen molar-refractivity contribution in [3.05, 3.63) is 0 Å². The van der Waals surface area contributed by atoms with Crippen molar-refractivity contribution in [3.63, 3.8) is 0 Å². The predicted octanol–water partition coefficient (Wildman–Crippen LogP) is 2.30. The predicted molar refractivity (Wildman–Crippen MR) is 76.1 cm³/mol. The second-order valence-electron chi connectivity index (χ2n) is 5.30. The minimum atomic E-state index is -3.32. The van der Waals surface area contributed by atoms with Gasteiger partial charge in [0.05, 0.1) is 0 Å². The molecule has 0 amide bonds. The van der Waals surface area contributed by atoms with Crippen LogP contribution < -0.4 is 0 Å². The van der Waals surface area contributed by atoms with Gasteiger partial charge in [0.25, 0.3) is 10.2 Å². The monoisotopic (exact) mass is 296 g/mol. The first-order valence-electron chi connectivity index (χ1n) is 6.64. The highest BCUT2D eigenvalue weighted by molar-refractivity contribution is 7.86. The number of rotatable bonds is 6. The Morgan fingerprint density at radius 2 is 1.72 bits per heavy atom. The van der Waals surface area contributed by atoms with E-state index < -0.39 is 10.2 Å². The second-order valence-corrected chi connectivity index (χ2v) is 7.77. The van der Waals surface area contributed by atoms with E-state index in [-0.39, 0.29) is 6.04 Å². The van der Waals surface area contributed by atoms with E-state index in [1.807, 2.05) is 0 Å². The summed E-state index contributed by atoms with van der Waals surface area (Å²) in [6, 6.07) is 0.157. The fourth-order valence-corrected chi connectivity index (χ4v) is 3.92. The maximum absolute atomic E-state index is 12.3. The van der Waals surface area contributed by atoms with E-state index in [9.17, 15) is 8.42 Å². The normalized spacial score (nSPS) is 25.9. The highest BCUT2D eigenvalue weighted by Gasteiger charge is 2.31. The number of nitrogens with zero attached hydrogens (tertiary/aromatic N) is 2. The number of halogens is 1. The first kappa shape index (κ1) is 16.2. The van der Waals surface area contributed by atoms with Crippen LogP contribution >= 0.6 is 11.6 Å². The van der Waals surface area contributed by atoms with Crippen molar-refractivity contribution in [1.29, 1.82) is 0 Å². The standard InChI is InChI=1S/C12H25ClN2O2S/c1-11-5-7-12(8-6-11)15(3)18(16,17)14(2)10-4-9-13/h11-12H,4-10H2,1-3H3. The SMILES string of the molecule is CC1CCC(N(C)S(=O)(=O)N(C)CCCCl)CC1. The Morgan fingerprint density at radius 3 is 2.22 bits per heavy atom. The van der Waals surface area contributed by atoms with Crippen LogP contribution in [0.15, 0.2) is 0 Å². The average Bonchev–Trinajstić information content (AvgIpc) is 2.35. The van der Waals surface area contributed by atoms with Gasteiger partial charge in [-0.05, 0) is 38.0 Å². The molecule has 0 atom stereocenters. The van der Waals surface area contributed by atoms with E-state index in [0.717, 1.165) is 31.6 Å². The highest BCUT2D eigenvalue weighted by Crippen LogP contribution is 2.28. The van der Waals surface area contributed by atoms with E-state index in [0.29, 0.717) is 18.8 Å². The molecule has 0 heterocycles. The van der Waals surface area contributed by atoms with Crippen LogP contribution in [0.5, 0.6) is 0 Å². The van der Waals surface area contributed by atoms with Crippen LogP contribution in [0, 0.1) is 5.92 Å². The molecule has 0 spiro atoms. The molecule has 0 aromatic carbocycles. The molecule has 18 heavy (non-hydrogen) atoms. The smallest absolute Gasteiger partial charge is 0.195 e. The Morgan fingerprint density at radius 1 is 1.17 bits per heavy atom. The maximum Gasteiger partial charge on any atom is 0.281 e. The van der Waals surface area contributed by atoms with E-state index in [2.05, 4.69) is 6.92 Å². The van der Waals surface area contributed by atoms with Crippen LogP contribution in [0.4, 0.5) is 0 Å². The van der Waals surface area contributed by atoms with Gasteiger partial charge in [0.15, 0.2) is 0 Å². The fraction of sp³-hybridized carbons (Fsp3) is 1.00. The molecule has 6 heteroatoms. The lowest BCUT2D eigenvalue weighted by Gasteiger charge is -2.34. The first-order valence-corrected chi connectivity index (χ1v) is 8.58. The molecular weight excluding hydrogens is 272 g/mol. The molecule has 0 radical (unpaired) electrons. The quantitative estimate of drug-likeness (QED) is 0.706. The molecule has 0 aromatic rings. The lowest BCUT2D eigenvalue weighted by molar-refractivity contribution is 0.235. The fourth-order valence-electron chi connectivity index (χ4n) is 2.41. The van der Waals surface area contributed by atoms with Crippen molar-refractivity contribution in [3.8, 4) is 0 Å². The van der Waals surface area contributed by atoms with Crippen LogP contribution in [0.25, 0.3) is 0 Å². The summed E-state index contributed by atoms with van der Waals surface area (Å²) in [4.78, 5) is 0. The molecule has 1 aliphatic rings. The molecule has 1 rings (SSSR count). The van der Waals surface area contributed by atoms with Crippen molar-refractivity contribution in [1.82, 2.24) is 8.61 Å². The van der Waals surface area contributed by atoms with Crippen molar-refractivity contribution in [2.45, 2.75) is 45.1 Å². The second kappa shape index (κ2) is 7.08. The van der Waals surface area contributed by atoms with Gasteiger partial charge in [-0.25, -0.2) is 0 Å². The molecule has 0 N–H and O–H groups in total. The van der Waals surface area contributed by atoms with Gasteiger partial charge < -0.3 is 0 Å². The Kier molecular flexibility index (Phi) is 6.38. The van der Waals surface area contributed by atoms with E-state index >= 15 is 0 Å². The molecule has 1 fully saturated rings. The lowest BCUT2D eigenvalue weighted by Crippen LogP contribution is -2.46. The zero-order chi connectivity index (χ0) is 13.8. The van der Waals surface area contributed by atoms with E-state index in [4.69, 9.17) is 11.6 Å². The summed E-state index contributed by atoms with van der Waals surface area (Å²) in [6.45, 7) is 2.72. The highest BCUT2D eigenvalue weighted by atomic mass is 35.5. The lowest BCUT2D eigenvalue weighted by atomic mass is 9.87. The summed E-state index contributed by atoms with van der Waals surface area (Å²) >= 11 is 5.60. The molecule has 108 valence electrons. The molecule has 0 aliphatic heterocycles. The Labute approximate surface area is 116 Å². The molecule has 4 nitrogen and oxygen atoms in total. The summed E-state index contributed by atoms with van der Waals surface area (Å²) in [5, 5.41) is 0. The van der Waals surface area contributed by atoms with Crippen LogP contribution in [0.2, 0.25) is 0 Å². The minimum Gasteiger partial charge on any atom is -0.195 e. The van der Waals surface area contributed by atoms with Crippen molar-refractivity contribution < 1.29 is 8.42 Å². The summed E-state index contributed by atoms with van der Waals surface area (Å²) in [6.07, 6.45) is 4.87. The van der Waals surface area contributed by atoms with Crippen molar-refractivity contribution in [2.24, 2.45) is 5.92 Å². The summed E-state index contributed by atoms with van der Waals surface area (Å²) < 4.78 is 27.6. The zero-order valence-corrected chi connectivity index (χ0v) is 13.2. The van der Waals surface area contributed by atoms with Gasteiger partial charge in [-0.2, -0.15) is 17.0 Å². The third-order valence-corrected chi connectivity index (χ3v) is 6.13. The molecule has 1 aliphatic carbocycles. The van der Waals surface area contributed by atoms with Gasteiger partial charge in [0.2, 0.25) is 0 Å². The summed E-state index contributed by atoms with van der Waals surface area (Å²) in [5.41, 5.74) is 0. The number of hydrogen-bond acceptors (Lipinski definition) is 2. The van der Waals surface area contributed by atoms with Gasteiger partial charge >= 0.3 is 0 Å². The van der Waals surface area contributed by atoms with Crippen LogP contribution in [0.3, 0.4) is 0 Å². The molecule has 0 unspecified atom stereocenters. The number of alkyl halides is 1. The van der Waals surface area contributed by atoms with Crippen LogP contribution in [0.1, 0.15) is 39.0 Å². The molecular formula is C12H25ClN2O2S. The zero-order valence-electron chi connectivity index (χ0n) is 11.6. The van der Waals surface area contributed by atoms with Gasteiger partial charge in [0, 0.05) is 32.6 Å². The topological polar surface area (TPSA) is 40.6 Å². The van der Waals surface area contributed by atoms with Gasteiger partial charge in [-0.15, -0.1) is 11.6 Å². The van der Waals surface area contributed by atoms with Crippen molar-refractivity contribution in [2.75, 3.05) is 26.5 Å². The molecule has 0 bridgehead atoms. The van der Waals surface area contributed by atoms with Gasteiger partial charge in [-0.1, -0.05) is 6.92 Å². The van der Waals surface area contributed by atoms with Gasteiger partial charge in [0.1, 0.15) is 0 Å². The Bertz CT molecular complexity index is 340. The minimum absolute atomic E-state index is 0.157. The maximum atomic E-state index is 12.3. The molecule has 0 aromatic heterocycles. The van der Waals surface area contributed by atoms with Crippen LogP contribution in [-0.4, -0.2) is 49.6 Å². The third-order valence-electron chi connectivity index (χ3n) is 3.86. The third kappa shape index (κ3) is 4.08. The number of hydrogen-bond donors (Lipinski definition) is 0. The molecule has 1 saturated carbocycles. The average molecular weight is 297 g/mol. The summed E-state index contributed by atoms with van der Waals surface area (Å²) in [7, 11) is 0.0101. The largest absolute Gasteiger partial charge is 0.281 e. The van der Waals surface area contributed by atoms with Crippen molar-refractivity contribution >= 4 is 21.8 Å². The van der Waals surface area contributed by atoms with Gasteiger partial charge in [-0.3, -0.25) is 0 Å². The Hall–Kier alpha value is 0.160. The summed E-state index contributed by atoms with van der Waals surface area (Å²) in [5.74, 6) is 1.22.